The van der Waals surface area contributed by atoms with E-state index in [0.29, 0.717) is 22.3 Å². The van der Waals surface area contributed by atoms with E-state index >= 15 is 0 Å². The Morgan fingerprint density at radius 3 is 0.837 bits per heavy atom. The molecular weight excluding hydrogens is 524 g/mol. The number of rotatable bonds is 8. The fraction of sp³-hybridized carbons (Fsp3) is 0.0488. The molecule has 0 saturated heterocycles. The van der Waals surface area contributed by atoms with Crippen LogP contribution in [0.1, 0.15) is 33.4 Å². The predicted octanol–water partition coefficient (Wildman–Crippen LogP) is 8.52. The van der Waals surface area contributed by atoms with Gasteiger partial charge in [0, 0.05) is 5.57 Å². The summed E-state index contributed by atoms with van der Waals surface area (Å²) in [6, 6.07) is 58.2. The van der Waals surface area contributed by atoms with Crippen LogP contribution in [0.25, 0.3) is 5.57 Å². The molecule has 0 aromatic heterocycles. The van der Waals surface area contributed by atoms with Crippen LogP contribution >= 0.6 is 0 Å². The Kier molecular flexibility index (Phi) is 8.00. The molecule has 208 valence electrons. The van der Waals surface area contributed by atoms with Gasteiger partial charge in [0.05, 0.1) is 5.57 Å². The first-order chi connectivity index (χ1) is 21.1. The summed E-state index contributed by atoms with van der Waals surface area (Å²) in [7, 11) is 0. The van der Waals surface area contributed by atoms with Crippen LogP contribution < -0.4 is 0 Å². The van der Waals surface area contributed by atoms with Crippen molar-refractivity contribution in [3.05, 3.63) is 227 Å². The lowest BCUT2D eigenvalue weighted by atomic mass is 9.68. The van der Waals surface area contributed by atoms with Gasteiger partial charge in [-0.15, -0.1) is 5.73 Å². The Hall–Kier alpha value is -5.24. The van der Waals surface area contributed by atoms with Crippen molar-refractivity contribution < 1.29 is 10.2 Å². The van der Waals surface area contributed by atoms with E-state index < -0.39 is 11.2 Å². The fourth-order valence-electron chi connectivity index (χ4n) is 5.72. The van der Waals surface area contributed by atoms with Gasteiger partial charge in [-0.2, -0.15) is 0 Å². The molecule has 6 rings (SSSR count). The maximum atomic E-state index is 13.3. The third kappa shape index (κ3) is 5.39. The molecule has 0 fully saturated rings. The average molecular weight is 557 g/mol. The number of aliphatic hydroxyl groups is 2. The van der Waals surface area contributed by atoms with Crippen LogP contribution in [0.3, 0.4) is 0 Å². The van der Waals surface area contributed by atoms with E-state index in [4.69, 9.17) is 0 Å². The minimum Gasteiger partial charge on any atom is -0.376 e. The second-order valence-corrected chi connectivity index (χ2v) is 10.5. The van der Waals surface area contributed by atoms with Gasteiger partial charge in [0.2, 0.25) is 0 Å². The molecule has 0 aliphatic rings. The summed E-state index contributed by atoms with van der Waals surface area (Å²) in [5.41, 5.74) is 5.49. The van der Waals surface area contributed by atoms with Gasteiger partial charge in [0.1, 0.15) is 11.2 Å². The zero-order chi connectivity index (χ0) is 29.5. The molecule has 0 bridgehead atoms. The quantitative estimate of drug-likeness (QED) is 0.185. The summed E-state index contributed by atoms with van der Waals surface area (Å²) >= 11 is 0. The second kappa shape index (κ2) is 12.3. The van der Waals surface area contributed by atoms with Gasteiger partial charge in [-0.1, -0.05) is 182 Å². The topological polar surface area (TPSA) is 40.5 Å². The van der Waals surface area contributed by atoms with Crippen molar-refractivity contribution in [3.8, 4) is 0 Å². The number of hydrogen-bond acceptors (Lipinski definition) is 2. The Morgan fingerprint density at radius 2 is 0.581 bits per heavy atom. The first-order valence-electron chi connectivity index (χ1n) is 14.4. The third-order valence-electron chi connectivity index (χ3n) is 7.86. The van der Waals surface area contributed by atoms with Gasteiger partial charge in [-0.05, 0) is 33.4 Å². The first-order valence-corrected chi connectivity index (χ1v) is 14.4. The van der Waals surface area contributed by atoms with Crippen molar-refractivity contribution in [3.63, 3.8) is 0 Å². The van der Waals surface area contributed by atoms with Crippen molar-refractivity contribution in [2.24, 2.45) is 0 Å². The molecule has 0 unspecified atom stereocenters. The van der Waals surface area contributed by atoms with Crippen molar-refractivity contribution in [1.82, 2.24) is 0 Å². The highest BCUT2D eigenvalue weighted by Crippen LogP contribution is 2.49. The summed E-state index contributed by atoms with van der Waals surface area (Å²) < 4.78 is 0. The monoisotopic (exact) mass is 556 g/mol. The van der Waals surface area contributed by atoms with E-state index in [0.717, 1.165) is 16.7 Å². The highest BCUT2D eigenvalue weighted by atomic mass is 16.3. The lowest BCUT2D eigenvalue weighted by Gasteiger charge is -2.41. The first kappa shape index (κ1) is 27.9. The number of hydrogen-bond donors (Lipinski definition) is 2. The molecule has 43 heavy (non-hydrogen) atoms. The molecule has 2 nitrogen and oxygen atoms in total. The summed E-state index contributed by atoms with van der Waals surface area (Å²) in [5.74, 6) is 0. The van der Waals surface area contributed by atoms with Gasteiger partial charge < -0.3 is 10.2 Å². The SMILES string of the molecule is OC(C(=C=C(c1ccccc1)c1ccccc1)C(O)(c1ccccc1)c1ccccc1)(c1ccccc1)c1ccccc1. The Balaban J connectivity index is 1.85. The van der Waals surface area contributed by atoms with Crippen LogP contribution in [0.15, 0.2) is 193 Å². The lowest BCUT2D eigenvalue weighted by molar-refractivity contribution is 0.0412. The summed E-state index contributed by atoms with van der Waals surface area (Å²) in [5, 5.41) is 26.7. The Labute approximate surface area is 253 Å². The Bertz CT molecular complexity index is 1610. The maximum absolute atomic E-state index is 13.3. The van der Waals surface area contributed by atoms with E-state index in [1.54, 1.807) is 0 Å². The minimum atomic E-state index is -1.78. The molecule has 2 heteroatoms. The molecule has 0 saturated carbocycles. The van der Waals surface area contributed by atoms with Crippen LogP contribution in [0.4, 0.5) is 0 Å². The molecular formula is C41H32O2. The molecule has 0 aliphatic carbocycles. The molecule has 0 aliphatic heterocycles. The molecule has 0 atom stereocenters. The van der Waals surface area contributed by atoms with Gasteiger partial charge >= 0.3 is 0 Å². The van der Waals surface area contributed by atoms with E-state index in [1.165, 1.54) is 0 Å². The van der Waals surface area contributed by atoms with Crippen molar-refractivity contribution in [1.29, 1.82) is 0 Å². The van der Waals surface area contributed by atoms with E-state index in [2.05, 4.69) is 5.73 Å². The summed E-state index contributed by atoms with van der Waals surface area (Å²) in [6.45, 7) is 0. The van der Waals surface area contributed by atoms with Gasteiger partial charge in [0.25, 0.3) is 0 Å². The van der Waals surface area contributed by atoms with Gasteiger partial charge in [0.15, 0.2) is 0 Å². The van der Waals surface area contributed by atoms with Crippen LogP contribution in [-0.2, 0) is 11.2 Å². The molecule has 0 radical (unpaired) electrons. The zero-order valence-electron chi connectivity index (χ0n) is 23.7. The molecule has 0 heterocycles. The zero-order valence-corrected chi connectivity index (χ0v) is 23.7. The number of benzene rings is 6. The van der Waals surface area contributed by atoms with Gasteiger partial charge in [-0.3, -0.25) is 0 Å². The summed E-state index contributed by atoms with van der Waals surface area (Å²) in [4.78, 5) is 0. The minimum absolute atomic E-state index is 0.289. The van der Waals surface area contributed by atoms with Crippen molar-refractivity contribution >= 4 is 5.57 Å². The molecule has 6 aromatic carbocycles. The molecule has 0 spiro atoms. The highest BCUT2D eigenvalue weighted by molar-refractivity contribution is 5.80. The fourth-order valence-corrected chi connectivity index (χ4v) is 5.72. The molecule has 6 aromatic rings. The second-order valence-electron chi connectivity index (χ2n) is 10.5. The van der Waals surface area contributed by atoms with Crippen LogP contribution in [-0.4, -0.2) is 10.2 Å². The average Bonchev–Trinajstić information content (AvgIpc) is 3.10. The van der Waals surface area contributed by atoms with Crippen molar-refractivity contribution in [2.75, 3.05) is 0 Å². The van der Waals surface area contributed by atoms with Crippen LogP contribution in [0, 0.1) is 0 Å². The van der Waals surface area contributed by atoms with Crippen LogP contribution in [0.2, 0.25) is 0 Å². The summed E-state index contributed by atoms with van der Waals surface area (Å²) in [6.07, 6.45) is 0. The molecule has 0 amide bonds. The van der Waals surface area contributed by atoms with E-state index in [-0.39, 0.29) is 5.57 Å². The Morgan fingerprint density at radius 1 is 0.349 bits per heavy atom. The standard InChI is InChI=1S/C41H32O2/c42-40(34-23-11-3-12-24-34,35-25-13-4-14-26-35)39(31-38(32-19-7-1-8-20-32)33-21-9-2-10-22-33)41(43,36-27-15-5-16-28-36)37-29-17-6-18-30-37/h1-30,42-43H. The largest absolute Gasteiger partial charge is 0.376 e. The maximum Gasteiger partial charge on any atom is 0.147 e. The van der Waals surface area contributed by atoms with E-state index in [1.807, 2.05) is 182 Å². The van der Waals surface area contributed by atoms with Gasteiger partial charge in [-0.25, -0.2) is 0 Å². The van der Waals surface area contributed by atoms with E-state index in [9.17, 15) is 10.2 Å². The van der Waals surface area contributed by atoms with Crippen molar-refractivity contribution in [2.45, 2.75) is 11.2 Å². The lowest BCUT2D eigenvalue weighted by Crippen LogP contribution is -2.42. The highest BCUT2D eigenvalue weighted by Gasteiger charge is 2.49. The molecule has 2 N–H and O–H groups in total. The smallest absolute Gasteiger partial charge is 0.147 e. The normalized spacial score (nSPS) is 11.4. The predicted molar refractivity (Wildman–Crippen MR) is 174 cm³/mol. The van der Waals surface area contributed by atoms with Crippen LogP contribution in [0.5, 0.6) is 0 Å². The third-order valence-corrected chi connectivity index (χ3v) is 7.86.